The number of amides is 2. The minimum Gasteiger partial charge on any atom is -0.365 e. The molecule has 0 aliphatic heterocycles. The van der Waals surface area contributed by atoms with E-state index in [4.69, 9.17) is 5.73 Å². The highest BCUT2D eigenvalue weighted by atomic mass is 32.2. The molecule has 5 N–H and O–H groups in total. The Hall–Kier alpha value is -2.04. The molecule has 2 amide bonds. The molecule has 0 aliphatic rings. The molecule has 11 heteroatoms. The number of aliphatic imine (C=N–C) groups is 1. The highest BCUT2D eigenvalue weighted by Crippen LogP contribution is 2.03. The zero-order valence-corrected chi connectivity index (χ0v) is 16.4. The van der Waals surface area contributed by atoms with Gasteiger partial charge < -0.3 is 16.4 Å². The van der Waals surface area contributed by atoms with Crippen LogP contribution in [0.2, 0.25) is 0 Å². The van der Waals surface area contributed by atoms with Gasteiger partial charge in [0.25, 0.3) is 5.96 Å². The third-order valence-electron chi connectivity index (χ3n) is 3.34. The van der Waals surface area contributed by atoms with Gasteiger partial charge in [0.2, 0.25) is 11.8 Å². The number of nitrogens with zero attached hydrogens (tertiary/aromatic N) is 2. The number of thioether (sulfide) groups is 1. The van der Waals surface area contributed by atoms with E-state index in [0.29, 0.717) is 37.5 Å². The minimum absolute atomic E-state index is 0.179. The largest absolute Gasteiger partial charge is 0.365 e. The van der Waals surface area contributed by atoms with Crippen molar-refractivity contribution in [3.63, 3.8) is 0 Å². The Morgan fingerprint density at radius 3 is 2.58 bits per heavy atom. The zero-order chi connectivity index (χ0) is 19.9. The van der Waals surface area contributed by atoms with Gasteiger partial charge in [-0.15, -0.1) is 0 Å². The van der Waals surface area contributed by atoms with E-state index in [1.54, 1.807) is 17.2 Å². The number of rotatable bonds is 13. The Labute approximate surface area is 158 Å². The Morgan fingerprint density at radius 1 is 1.31 bits per heavy atom. The first-order valence-corrected chi connectivity index (χ1v) is 9.92. The lowest BCUT2D eigenvalue weighted by molar-refractivity contribution is -0.525. The van der Waals surface area contributed by atoms with Crippen molar-refractivity contribution in [1.82, 2.24) is 16.1 Å². The highest BCUT2D eigenvalue weighted by Gasteiger charge is 2.20. The molecule has 0 aliphatic carbocycles. The van der Waals surface area contributed by atoms with Crippen molar-refractivity contribution in [3.8, 4) is 0 Å². The number of hydrogen-bond acceptors (Lipinski definition) is 6. The van der Waals surface area contributed by atoms with Crippen LogP contribution < -0.4 is 21.8 Å². The van der Waals surface area contributed by atoms with Crippen LogP contribution in [-0.4, -0.2) is 53.9 Å². The predicted octanol–water partition coefficient (Wildman–Crippen LogP) is 0.263. The van der Waals surface area contributed by atoms with Gasteiger partial charge in [-0.1, -0.05) is 19.3 Å². The normalized spacial score (nSPS) is 12.5. The van der Waals surface area contributed by atoms with Gasteiger partial charge in [0.05, 0.1) is 0 Å². The van der Waals surface area contributed by atoms with Crippen LogP contribution in [0.25, 0.3) is 0 Å². The number of carbonyl (C=O) groups is 2. The molecule has 0 aromatic heterocycles. The molecule has 10 nitrogen and oxygen atoms in total. The second-order valence-electron chi connectivity index (χ2n) is 6.11. The fraction of sp³-hybridized carbons (Fsp3) is 0.800. The van der Waals surface area contributed by atoms with E-state index in [2.05, 4.69) is 29.5 Å². The number of hydrazine groups is 1. The quantitative estimate of drug-likeness (QED) is 0.116. The van der Waals surface area contributed by atoms with Crippen molar-refractivity contribution in [2.24, 2.45) is 16.6 Å². The second kappa shape index (κ2) is 14.2. The first-order valence-electron chi connectivity index (χ1n) is 8.53. The van der Waals surface area contributed by atoms with Crippen LogP contribution in [0.3, 0.4) is 0 Å². The summed E-state index contributed by atoms with van der Waals surface area (Å²) in [7, 11) is 0. The molecule has 0 rings (SSSR count). The van der Waals surface area contributed by atoms with Gasteiger partial charge in [-0.25, -0.2) is 15.1 Å². The van der Waals surface area contributed by atoms with Crippen LogP contribution in [0.5, 0.6) is 0 Å². The summed E-state index contributed by atoms with van der Waals surface area (Å²) in [5, 5.41) is 15.0. The molecule has 0 bridgehead atoms. The summed E-state index contributed by atoms with van der Waals surface area (Å²) in [6.07, 6.45) is 3.92. The standard InChI is InChI=1S/C15H30N6O4S/c1-11(2)6-9-17-14(23)12(19-13(22)7-10-26-3)5-4-8-18-15(16)20-21(24)25/h11-12H,4-10H2,1-3H3,(H,17,23)(H,19,22)(H3,16,18,20)/t12-/m0/s1. The maximum absolute atomic E-state index is 12.3. The van der Waals surface area contributed by atoms with E-state index >= 15 is 0 Å². The Kier molecular flexibility index (Phi) is 13.1. The van der Waals surface area contributed by atoms with E-state index in [1.807, 2.05) is 6.26 Å². The second-order valence-corrected chi connectivity index (χ2v) is 7.10. The van der Waals surface area contributed by atoms with Gasteiger partial charge in [-0.2, -0.15) is 11.8 Å². The minimum atomic E-state index is -0.796. The molecule has 0 saturated heterocycles. The molecule has 1 atom stereocenters. The first-order chi connectivity index (χ1) is 12.3. The van der Waals surface area contributed by atoms with Gasteiger partial charge in [0, 0.05) is 25.3 Å². The van der Waals surface area contributed by atoms with Crippen molar-refractivity contribution in [2.75, 3.05) is 25.1 Å². The van der Waals surface area contributed by atoms with Gasteiger partial charge in [-0.3, -0.25) is 9.59 Å². The summed E-state index contributed by atoms with van der Waals surface area (Å²) >= 11 is 1.56. The fourth-order valence-electron chi connectivity index (χ4n) is 1.96. The lowest BCUT2D eigenvalue weighted by Gasteiger charge is -2.18. The number of nitrogens with two attached hydrogens (primary N) is 1. The van der Waals surface area contributed by atoms with Crippen molar-refractivity contribution < 1.29 is 14.6 Å². The molecular weight excluding hydrogens is 360 g/mol. The molecule has 26 heavy (non-hydrogen) atoms. The summed E-state index contributed by atoms with van der Waals surface area (Å²) in [6.45, 7) is 4.89. The van der Waals surface area contributed by atoms with Gasteiger partial charge >= 0.3 is 0 Å². The van der Waals surface area contributed by atoms with Crippen molar-refractivity contribution in [3.05, 3.63) is 10.1 Å². The third-order valence-corrected chi connectivity index (χ3v) is 3.96. The number of nitrogens with one attached hydrogen (secondary N) is 3. The average Bonchev–Trinajstić information content (AvgIpc) is 2.54. The summed E-state index contributed by atoms with van der Waals surface area (Å²) in [5.74, 6) is 0.444. The lowest BCUT2D eigenvalue weighted by atomic mass is 10.1. The number of nitro groups is 1. The number of guanidine groups is 1. The van der Waals surface area contributed by atoms with Crippen molar-refractivity contribution >= 4 is 29.5 Å². The number of carbonyl (C=O) groups excluding carboxylic acids is 2. The van der Waals surface area contributed by atoms with E-state index in [-0.39, 0.29) is 24.3 Å². The van der Waals surface area contributed by atoms with Crippen LogP contribution in [0, 0.1) is 16.0 Å². The van der Waals surface area contributed by atoms with Crippen molar-refractivity contribution in [1.29, 1.82) is 0 Å². The Morgan fingerprint density at radius 2 is 2.00 bits per heavy atom. The smallest absolute Gasteiger partial charge is 0.251 e. The molecule has 0 saturated carbocycles. The Balaban J connectivity index is 4.53. The van der Waals surface area contributed by atoms with Gasteiger partial charge in [0.15, 0.2) is 5.03 Å². The van der Waals surface area contributed by atoms with Crippen LogP contribution in [-0.2, 0) is 9.59 Å². The summed E-state index contributed by atoms with van der Waals surface area (Å²) in [4.78, 5) is 38.3. The maximum Gasteiger partial charge on any atom is 0.251 e. The van der Waals surface area contributed by atoms with E-state index in [1.165, 1.54) is 0 Å². The van der Waals surface area contributed by atoms with Gasteiger partial charge in [-0.05, 0) is 31.4 Å². The van der Waals surface area contributed by atoms with Crippen LogP contribution in [0.15, 0.2) is 4.99 Å². The summed E-state index contributed by atoms with van der Waals surface area (Å²) < 4.78 is 0. The molecule has 0 radical (unpaired) electrons. The Bertz CT molecular complexity index is 487. The molecule has 0 aromatic rings. The summed E-state index contributed by atoms with van der Waals surface area (Å²) in [5.41, 5.74) is 7.07. The van der Waals surface area contributed by atoms with Crippen LogP contribution in [0.1, 0.15) is 39.5 Å². The predicted molar refractivity (Wildman–Crippen MR) is 103 cm³/mol. The number of hydrogen-bond donors (Lipinski definition) is 4. The van der Waals surface area contributed by atoms with E-state index in [0.717, 1.165) is 6.42 Å². The van der Waals surface area contributed by atoms with Crippen molar-refractivity contribution in [2.45, 2.75) is 45.6 Å². The molecule has 150 valence electrons. The average molecular weight is 391 g/mol. The molecular formula is C15H30N6O4S. The molecule has 0 spiro atoms. The molecule has 0 fully saturated rings. The third kappa shape index (κ3) is 13.3. The molecule has 0 heterocycles. The highest BCUT2D eigenvalue weighted by molar-refractivity contribution is 7.98. The molecule has 0 unspecified atom stereocenters. The first kappa shape index (κ1) is 24.0. The van der Waals surface area contributed by atoms with Crippen LogP contribution >= 0.6 is 11.8 Å². The molecule has 0 aromatic carbocycles. The topological polar surface area (TPSA) is 152 Å². The zero-order valence-electron chi connectivity index (χ0n) is 15.6. The fourth-order valence-corrected chi connectivity index (χ4v) is 2.35. The SMILES string of the molecule is CSCCC(=O)N[C@@H](CCCN=C(N)N[N+](=O)[O-])C(=O)NCCC(C)C. The summed E-state index contributed by atoms with van der Waals surface area (Å²) in [6, 6.07) is -0.656. The lowest BCUT2D eigenvalue weighted by Crippen LogP contribution is -2.47. The van der Waals surface area contributed by atoms with E-state index in [9.17, 15) is 19.7 Å². The van der Waals surface area contributed by atoms with Crippen LogP contribution in [0.4, 0.5) is 0 Å². The van der Waals surface area contributed by atoms with Gasteiger partial charge in [0.1, 0.15) is 6.04 Å². The van der Waals surface area contributed by atoms with E-state index < -0.39 is 11.1 Å². The monoisotopic (exact) mass is 390 g/mol. The maximum atomic E-state index is 12.3.